The molecular weight excluding hydrogens is 518 g/mol. The fraction of sp³-hybridized carbons (Fsp3) is 0.250. The molecule has 0 saturated heterocycles. The number of carbonyl (C=O) groups excluding carboxylic acids is 2. The van der Waals surface area contributed by atoms with Gasteiger partial charge in [0.25, 0.3) is 5.91 Å². The first-order chi connectivity index (χ1) is 19.7. The Morgan fingerprint density at radius 3 is 2.37 bits per heavy atom. The lowest BCUT2D eigenvalue weighted by molar-refractivity contribution is -0.124. The van der Waals surface area contributed by atoms with Gasteiger partial charge in [0.2, 0.25) is 5.91 Å². The number of imidazole rings is 1. The van der Waals surface area contributed by atoms with Crippen LogP contribution < -0.4 is 10.6 Å². The molecule has 210 valence electrons. The lowest BCUT2D eigenvalue weighted by Gasteiger charge is -2.24. The molecule has 0 radical (unpaired) electrons. The predicted molar refractivity (Wildman–Crippen MR) is 158 cm³/mol. The second-order valence-electron chi connectivity index (χ2n) is 10.7. The van der Waals surface area contributed by atoms with Crippen LogP contribution in [0.4, 0.5) is 0 Å². The van der Waals surface area contributed by atoms with Gasteiger partial charge in [-0.3, -0.25) is 9.59 Å². The first kappa shape index (κ1) is 27.6. The van der Waals surface area contributed by atoms with Crippen LogP contribution in [0.25, 0.3) is 21.7 Å². The van der Waals surface area contributed by atoms with Crippen molar-refractivity contribution in [1.29, 1.82) is 0 Å². The summed E-state index contributed by atoms with van der Waals surface area (Å²) in [5.74, 6) is -1.40. The zero-order valence-corrected chi connectivity index (χ0v) is 23.2. The highest BCUT2D eigenvalue weighted by Gasteiger charge is 2.29. The van der Waals surface area contributed by atoms with Crippen molar-refractivity contribution in [3.05, 3.63) is 101 Å². The van der Waals surface area contributed by atoms with E-state index in [1.165, 1.54) is 0 Å². The first-order valence-electron chi connectivity index (χ1n) is 13.6. The quantitative estimate of drug-likeness (QED) is 0.160. The number of amides is 2. The van der Waals surface area contributed by atoms with E-state index in [0.29, 0.717) is 29.9 Å². The lowest BCUT2D eigenvalue weighted by atomic mass is 9.99. The van der Waals surface area contributed by atoms with Crippen molar-refractivity contribution in [1.82, 2.24) is 25.6 Å². The Bertz CT molecular complexity index is 1730. The molecular formula is C32H33N5O4. The van der Waals surface area contributed by atoms with E-state index in [1.54, 1.807) is 13.0 Å². The van der Waals surface area contributed by atoms with Crippen molar-refractivity contribution >= 4 is 39.5 Å². The summed E-state index contributed by atoms with van der Waals surface area (Å²) in [4.78, 5) is 49.6. The zero-order valence-electron chi connectivity index (χ0n) is 23.2. The van der Waals surface area contributed by atoms with Gasteiger partial charge in [-0.15, -0.1) is 0 Å². The summed E-state index contributed by atoms with van der Waals surface area (Å²) in [6, 6.07) is 19.5. The molecule has 0 fully saturated rings. The monoisotopic (exact) mass is 551 g/mol. The van der Waals surface area contributed by atoms with Gasteiger partial charge in [0.05, 0.1) is 6.04 Å². The van der Waals surface area contributed by atoms with Gasteiger partial charge in [-0.25, -0.2) is 9.78 Å². The fourth-order valence-corrected chi connectivity index (χ4v) is 5.23. The molecule has 5 rings (SSSR count). The number of aromatic carboxylic acids is 1. The van der Waals surface area contributed by atoms with E-state index in [2.05, 4.69) is 25.6 Å². The molecule has 5 N–H and O–H groups in total. The fourth-order valence-electron chi connectivity index (χ4n) is 5.23. The van der Waals surface area contributed by atoms with Gasteiger partial charge in [-0.2, -0.15) is 0 Å². The van der Waals surface area contributed by atoms with Crippen LogP contribution in [-0.2, 0) is 11.2 Å². The van der Waals surface area contributed by atoms with Crippen LogP contribution in [0.1, 0.15) is 64.2 Å². The van der Waals surface area contributed by atoms with Gasteiger partial charge in [-0.05, 0) is 47.7 Å². The number of hydrogen-bond acceptors (Lipinski definition) is 4. The standard InChI is InChI=1S/C32H33N5O4/c1-18(2)15-27(36-30(38)24-13-8-10-20-9-4-5-11-22(20)24)31(39)35-26(29-34-19(3)28(37-29)32(40)41)16-21-17-33-25-14-7-6-12-23(21)25/h4-14,17-18,26-27,33H,15-16H2,1-3H3,(H,34,37)(H,35,39)(H,36,38)(H,40,41)/t26?,27-/m0/s1. The number of aromatic nitrogens is 3. The molecule has 0 bridgehead atoms. The summed E-state index contributed by atoms with van der Waals surface area (Å²) >= 11 is 0. The Hall–Kier alpha value is -4.92. The average molecular weight is 552 g/mol. The highest BCUT2D eigenvalue weighted by molar-refractivity contribution is 6.08. The Kier molecular flexibility index (Phi) is 7.87. The summed E-state index contributed by atoms with van der Waals surface area (Å²) < 4.78 is 0. The minimum atomic E-state index is -1.15. The van der Waals surface area contributed by atoms with Crippen molar-refractivity contribution in [2.45, 2.75) is 45.7 Å². The number of benzene rings is 3. The van der Waals surface area contributed by atoms with Crippen LogP contribution in [0, 0.1) is 12.8 Å². The van der Waals surface area contributed by atoms with Crippen LogP contribution in [-0.4, -0.2) is 43.9 Å². The topological polar surface area (TPSA) is 140 Å². The molecule has 41 heavy (non-hydrogen) atoms. The summed E-state index contributed by atoms with van der Waals surface area (Å²) in [5, 5.41) is 18.3. The van der Waals surface area contributed by atoms with Crippen LogP contribution in [0.5, 0.6) is 0 Å². The summed E-state index contributed by atoms with van der Waals surface area (Å²) in [6.45, 7) is 5.61. The number of hydrogen-bond donors (Lipinski definition) is 5. The number of rotatable bonds is 10. The van der Waals surface area contributed by atoms with Crippen molar-refractivity contribution in [3.63, 3.8) is 0 Å². The van der Waals surface area contributed by atoms with E-state index in [9.17, 15) is 19.5 Å². The number of carboxylic acid groups (broad SMARTS) is 1. The number of aromatic amines is 2. The molecule has 2 atom stereocenters. The minimum absolute atomic E-state index is 0.0961. The Morgan fingerprint density at radius 1 is 0.927 bits per heavy atom. The number of fused-ring (bicyclic) bond motifs is 2. The van der Waals surface area contributed by atoms with Crippen molar-refractivity contribution < 1.29 is 19.5 Å². The molecule has 0 aliphatic carbocycles. The van der Waals surface area contributed by atoms with Gasteiger partial charge in [0.1, 0.15) is 11.9 Å². The molecule has 2 aromatic heterocycles. The van der Waals surface area contributed by atoms with E-state index in [-0.39, 0.29) is 23.4 Å². The second-order valence-corrected chi connectivity index (χ2v) is 10.7. The third kappa shape index (κ3) is 5.99. The first-order valence-corrected chi connectivity index (χ1v) is 13.6. The SMILES string of the molecule is Cc1[nH]c(C(Cc2c[nH]c3ccccc23)NC(=O)[C@H](CC(C)C)NC(=O)c2cccc3ccccc23)nc1C(=O)O. The number of aryl methyl sites for hydroxylation is 1. The molecule has 3 aromatic carbocycles. The Balaban J connectivity index is 1.44. The zero-order chi connectivity index (χ0) is 29.1. The number of nitrogens with one attached hydrogen (secondary N) is 4. The maximum Gasteiger partial charge on any atom is 0.356 e. The highest BCUT2D eigenvalue weighted by atomic mass is 16.4. The van der Waals surface area contributed by atoms with E-state index in [4.69, 9.17) is 0 Å². The third-order valence-corrected chi connectivity index (χ3v) is 7.21. The van der Waals surface area contributed by atoms with Gasteiger partial charge >= 0.3 is 5.97 Å². The van der Waals surface area contributed by atoms with Crippen LogP contribution in [0.15, 0.2) is 72.9 Å². The number of carbonyl (C=O) groups is 3. The predicted octanol–water partition coefficient (Wildman–Crippen LogP) is 5.30. The maximum atomic E-state index is 13.8. The number of H-pyrrole nitrogens is 2. The molecule has 1 unspecified atom stereocenters. The smallest absolute Gasteiger partial charge is 0.356 e. The number of carboxylic acids is 1. The summed E-state index contributed by atoms with van der Waals surface area (Å²) in [5.41, 5.74) is 2.69. The molecule has 9 heteroatoms. The Labute approximate surface area is 237 Å². The molecule has 5 aromatic rings. The summed E-state index contributed by atoms with van der Waals surface area (Å²) in [6.07, 6.45) is 2.65. The maximum absolute atomic E-state index is 13.8. The molecule has 2 heterocycles. The molecule has 0 saturated carbocycles. The van der Waals surface area contributed by atoms with Crippen LogP contribution in [0.2, 0.25) is 0 Å². The van der Waals surface area contributed by atoms with Gasteiger partial charge in [0.15, 0.2) is 5.69 Å². The van der Waals surface area contributed by atoms with Crippen LogP contribution >= 0.6 is 0 Å². The van der Waals surface area contributed by atoms with Gasteiger partial charge in [0, 0.05) is 34.8 Å². The van der Waals surface area contributed by atoms with Gasteiger partial charge < -0.3 is 25.7 Å². The molecule has 2 amide bonds. The number of para-hydroxylation sites is 1. The highest BCUT2D eigenvalue weighted by Crippen LogP contribution is 2.25. The Morgan fingerprint density at radius 2 is 1.63 bits per heavy atom. The van der Waals surface area contributed by atoms with E-state index in [1.807, 2.05) is 80.7 Å². The van der Waals surface area contributed by atoms with Crippen LogP contribution in [0.3, 0.4) is 0 Å². The average Bonchev–Trinajstić information content (AvgIpc) is 3.55. The van der Waals surface area contributed by atoms with E-state index in [0.717, 1.165) is 27.2 Å². The molecule has 0 aliphatic rings. The molecule has 0 aliphatic heterocycles. The van der Waals surface area contributed by atoms with Crippen molar-refractivity contribution in [3.8, 4) is 0 Å². The summed E-state index contributed by atoms with van der Waals surface area (Å²) in [7, 11) is 0. The van der Waals surface area contributed by atoms with E-state index < -0.39 is 18.1 Å². The largest absolute Gasteiger partial charge is 0.476 e. The third-order valence-electron chi connectivity index (χ3n) is 7.21. The van der Waals surface area contributed by atoms with Crippen molar-refractivity contribution in [2.75, 3.05) is 0 Å². The normalized spacial score (nSPS) is 12.9. The molecule has 0 spiro atoms. The second kappa shape index (κ2) is 11.7. The van der Waals surface area contributed by atoms with Gasteiger partial charge in [-0.1, -0.05) is 68.4 Å². The van der Waals surface area contributed by atoms with E-state index >= 15 is 0 Å². The lowest BCUT2D eigenvalue weighted by Crippen LogP contribution is -2.48. The van der Waals surface area contributed by atoms with Crippen molar-refractivity contribution in [2.24, 2.45) is 5.92 Å². The molecule has 9 nitrogen and oxygen atoms in total. The minimum Gasteiger partial charge on any atom is -0.476 e. The number of nitrogens with zero attached hydrogens (tertiary/aromatic N) is 1.